The third-order valence-electron chi connectivity index (χ3n) is 4.59. The molecule has 0 unspecified atom stereocenters. The summed E-state index contributed by atoms with van der Waals surface area (Å²) in [5, 5.41) is 0. The molecule has 25 heavy (non-hydrogen) atoms. The molecule has 0 spiro atoms. The molecule has 2 aromatic rings. The van der Waals surface area contributed by atoms with Gasteiger partial charge < -0.3 is 9.47 Å². The molecule has 5 nitrogen and oxygen atoms in total. The van der Waals surface area contributed by atoms with Crippen LogP contribution in [0.5, 0.6) is 11.5 Å². The van der Waals surface area contributed by atoms with Crippen LogP contribution in [0.3, 0.4) is 0 Å². The summed E-state index contributed by atoms with van der Waals surface area (Å²) in [6.45, 7) is 1.01. The monoisotopic (exact) mass is 361 g/mol. The minimum Gasteiger partial charge on any atom is -0.493 e. The topological polar surface area (TPSA) is 55.8 Å². The lowest BCUT2D eigenvalue weighted by molar-refractivity contribution is 0.354. The van der Waals surface area contributed by atoms with Crippen LogP contribution in [-0.4, -0.2) is 39.2 Å². The van der Waals surface area contributed by atoms with E-state index in [4.69, 9.17) is 9.47 Å². The normalized spacial score (nSPS) is 14.8. The molecule has 1 heterocycles. The van der Waals surface area contributed by atoms with Gasteiger partial charge in [-0.15, -0.1) is 0 Å². The molecular formula is C19H23NO4S. The van der Waals surface area contributed by atoms with Crippen molar-refractivity contribution in [2.24, 2.45) is 0 Å². The SMILES string of the molecule is COc1ccc(CCS(=O)(=O)N2CCc3ccccc3C2)cc1OC. The first-order chi connectivity index (χ1) is 12.0. The van der Waals surface area contributed by atoms with Crippen molar-refractivity contribution in [1.82, 2.24) is 4.31 Å². The maximum absolute atomic E-state index is 12.7. The Morgan fingerprint density at radius 1 is 1.00 bits per heavy atom. The minimum absolute atomic E-state index is 0.0879. The van der Waals surface area contributed by atoms with E-state index < -0.39 is 10.0 Å². The first-order valence-corrected chi connectivity index (χ1v) is 9.90. The Kier molecular flexibility index (Phi) is 5.30. The quantitative estimate of drug-likeness (QED) is 0.794. The van der Waals surface area contributed by atoms with Crippen LogP contribution in [0.4, 0.5) is 0 Å². The third kappa shape index (κ3) is 3.96. The van der Waals surface area contributed by atoms with E-state index in [0.717, 1.165) is 17.5 Å². The average Bonchev–Trinajstić information content (AvgIpc) is 2.65. The van der Waals surface area contributed by atoms with Crippen LogP contribution in [0, 0.1) is 0 Å². The number of rotatable bonds is 6. The van der Waals surface area contributed by atoms with Gasteiger partial charge in [-0.3, -0.25) is 0 Å². The molecular weight excluding hydrogens is 338 g/mol. The van der Waals surface area contributed by atoms with E-state index in [1.54, 1.807) is 24.6 Å². The van der Waals surface area contributed by atoms with Crippen LogP contribution in [0.15, 0.2) is 42.5 Å². The molecule has 1 aliphatic heterocycles. The van der Waals surface area contributed by atoms with Gasteiger partial charge in [0.15, 0.2) is 11.5 Å². The summed E-state index contributed by atoms with van der Waals surface area (Å²) in [7, 11) is -0.146. The van der Waals surface area contributed by atoms with Crippen molar-refractivity contribution in [3.63, 3.8) is 0 Å². The van der Waals surface area contributed by atoms with Crippen molar-refractivity contribution in [3.05, 3.63) is 59.2 Å². The zero-order valence-electron chi connectivity index (χ0n) is 14.6. The first kappa shape index (κ1) is 17.8. The molecule has 0 bridgehead atoms. The average molecular weight is 361 g/mol. The van der Waals surface area contributed by atoms with E-state index in [9.17, 15) is 8.42 Å². The Morgan fingerprint density at radius 3 is 2.44 bits per heavy atom. The van der Waals surface area contributed by atoms with Crippen molar-refractivity contribution < 1.29 is 17.9 Å². The van der Waals surface area contributed by atoms with Crippen LogP contribution >= 0.6 is 0 Å². The van der Waals surface area contributed by atoms with Gasteiger partial charge in [0.2, 0.25) is 10.0 Å². The van der Waals surface area contributed by atoms with Crippen LogP contribution in [0.1, 0.15) is 16.7 Å². The van der Waals surface area contributed by atoms with E-state index >= 15 is 0 Å². The van der Waals surface area contributed by atoms with Gasteiger partial charge in [0, 0.05) is 13.1 Å². The number of aryl methyl sites for hydroxylation is 1. The Morgan fingerprint density at radius 2 is 1.72 bits per heavy atom. The highest BCUT2D eigenvalue weighted by Crippen LogP contribution is 2.28. The molecule has 3 rings (SSSR count). The van der Waals surface area contributed by atoms with Crippen LogP contribution in [0.2, 0.25) is 0 Å². The zero-order valence-corrected chi connectivity index (χ0v) is 15.4. The number of hydrogen-bond acceptors (Lipinski definition) is 4. The van der Waals surface area contributed by atoms with Crippen molar-refractivity contribution in [2.75, 3.05) is 26.5 Å². The van der Waals surface area contributed by atoms with Gasteiger partial charge in [0.25, 0.3) is 0 Å². The molecule has 6 heteroatoms. The molecule has 1 aliphatic rings. The summed E-state index contributed by atoms with van der Waals surface area (Å²) in [6.07, 6.45) is 1.21. The van der Waals surface area contributed by atoms with Gasteiger partial charge in [0.05, 0.1) is 20.0 Å². The van der Waals surface area contributed by atoms with E-state index in [2.05, 4.69) is 6.07 Å². The van der Waals surface area contributed by atoms with Crippen LogP contribution in [-0.2, 0) is 29.4 Å². The Bertz CT molecular complexity index is 848. The highest BCUT2D eigenvalue weighted by molar-refractivity contribution is 7.89. The highest BCUT2D eigenvalue weighted by atomic mass is 32.2. The predicted molar refractivity (Wildman–Crippen MR) is 97.6 cm³/mol. The van der Waals surface area contributed by atoms with Crippen molar-refractivity contribution in [2.45, 2.75) is 19.4 Å². The molecule has 0 amide bonds. The Balaban J connectivity index is 1.68. The van der Waals surface area contributed by atoms with Gasteiger partial charge in [-0.2, -0.15) is 4.31 Å². The van der Waals surface area contributed by atoms with Gasteiger partial charge in [-0.1, -0.05) is 30.3 Å². The summed E-state index contributed by atoms with van der Waals surface area (Å²) in [4.78, 5) is 0. The van der Waals surface area contributed by atoms with E-state index in [-0.39, 0.29) is 5.75 Å². The number of hydrogen-bond donors (Lipinski definition) is 0. The molecule has 0 saturated carbocycles. The maximum Gasteiger partial charge on any atom is 0.214 e. The molecule has 0 aromatic heterocycles. The number of sulfonamides is 1. The van der Waals surface area contributed by atoms with E-state index in [0.29, 0.717) is 31.0 Å². The zero-order chi connectivity index (χ0) is 17.9. The molecule has 0 atom stereocenters. The maximum atomic E-state index is 12.7. The number of fused-ring (bicyclic) bond motifs is 1. The molecule has 0 fully saturated rings. The second-order valence-corrected chi connectivity index (χ2v) is 8.20. The van der Waals surface area contributed by atoms with Crippen molar-refractivity contribution in [3.8, 4) is 11.5 Å². The lowest BCUT2D eigenvalue weighted by Gasteiger charge is -2.28. The van der Waals surface area contributed by atoms with Crippen molar-refractivity contribution >= 4 is 10.0 Å². The molecule has 0 saturated heterocycles. The Labute approximate surface area is 149 Å². The minimum atomic E-state index is -3.30. The lowest BCUT2D eigenvalue weighted by Crippen LogP contribution is -2.37. The number of nitrogens with zero attached hydrogens (tertiary/aromatic N) is 1. The van der Waals surface area contributed by atoms with Crippen LogP contribution in [0.25, 0.3) is 0 Å². The standard InChI is InChI=1S/C19H23NO4S/c1-23-18-8-7-15(13-19(18)24-2)10-12-25(21,22)20-11-9-16-5-3-4-6-17(16)14-20/h3-8,13H,9-12,14H2,1-2H3. The predicted octanol–water partition coefficient (Wildman–Crippen LogP) is 2.63. The van der Waals surface area contributed by atoms with Crippen molar-refractivity contribution in [1.29, 1.82) is 0 Å². The number of benzene rings is 2. The summed E-state index contributed by atoms with van der Waals surface area (Å²) in [5.74, 6) is 1.34. The number of ether oxygens (including phenoxy) is 2. The van der Waals surface area contributed by atoms with E-state index in [1.807, 2.05) is 30.3 Å². The van der Waals surface area contributed by atoms with Gasteiger partial charge in [-0.05, 0) is 41.7 Å². The number of methoxy groups -OCH3 is 2. The fraction of sp³-hybridized carbons (Fsp3) is 0.368. The molecule has 0 aliphatic carbocycles. The first-order valence-electron chi connectivity index (χ1n) is 8.29. The highest BCUT2D eigenvalue weighted by Gasteiger charge is 2.26. The molecule has 2 aromatic carbocycles. The fourth-order valence-electron chi connectivity index (χ4n) is 3.12. The molecule has 0 radical (unpaired) electrons. The van der Waals surface area contributed by atoms with Gasteiger partial charge in [-0.25, -0.2) is 8.42 Å². The summed E-state index contributed by atoms with van der Waals surface area (Å²) >= 11 is 0. The largest absolute Gasteiger partial charge is 0.493 e. The Hall–Kier alpha value is -2.05. The van der Waals surface area contributed by atoms with Gasteiger partial charge in [0.1, 0.15) is 0 Å². The fourth-order valence-corrected chi connectivity index (χ4v) is 4.58. The smallest absolute Gasteiger partial charge is 0.214 e. The third-order valence-corrected chi connectivity index (χ3v) is 6.40. The molecule has 134 valence electrons. The second-order valence-electron chi connectivity index (χ2n) is 6.11. The summed E-state index contributed by atoms with van der Waals surface area (Å²) in [5.41, 5.74) is 3.26. The second kappa shape index (κ2) is 7.45. The lowest BCUT2D eigenvalue weighted by atomic mass is 10.0. The summed E-state index contributed by atoms with van der Waals surface area (Å²) in [6, 6.07) is 13.5. The van der Waals surface area contributed by atoms with Crippen LogP contribution < -0.4 is 9.47 Å². The molecule has 0 N–H and O–H groups in total. The van der Waals surface area contributed by atoms with Gasteiger partial charge >= 0.3 is 0 Å². The summed E-state index contributed by atoms with van der Waals surface area (Å²) < 4.78 is 37.5. The van der Waals surface area contributed by atoms with E-state index in [1.165, 1.54) is 5.56 Å².